The molecule has 3 rings (SSSR count). The van der Waals surface area contributed by atoms with Crippen molar-refractivity contribution in [1.29, 1.82) is 0 Å². The first-order valence-corrected chi connectivity index (χ1v) is 10.1. The molecular formula is C21H22F3N3O2S. The number of aryl methyl sites for hydroxylation is 2. The van der Waals surface area contributed by atoms with Crippen molar-refractivity contribution in [3.05, 3.63) is 53.1 Å². The Labute approximate surface area is 176 Å². The number of aromatic nitrogens is 1. The van der Waals surface area contributed by atoms with Gasteiger partial charge < -0.3 is 9.64 Å². The van der Waals surface area contributed by atoms with Gasteiger partial charge in [0, 0.05) is 24.7 Å². The number of thiazole rings is 1. The monoisotopic (exact) mass is 437 g/mol. The molecule has 3 aromatic rings. The number of nitrogens with zero attached hydrogens (tertiary/aromatic N) is 3. The molecule has 5 nitrogen and oxygen atoms in total. The number of carbonyl (C=O) groups excluding carboxylic acids is 1. The number of hydrogen-bond donors (Lipinski definition) is 0. The molecule has 0 aliphatic carbocycles. The molecule has 0 saturated carbocycles. The van der Waals surface area contributed by atoms with E-state index in [0.717, 1.165) is 22.5 Å². The molecule has 30 heavy (non-hydrogen) atoms. The smallest absolute Gasteiger partial charge is 0.406 e. The van der Waals surface area contributed by atoms with Crippen molar-refractivity contribution in [2.75, 3.05) is 32.1 Å². The predicted molar refractivity (Wildman–Crippen MR) is 112 cm³/mol. The number of fused-ring (bicyclic) bond motifs is 1. The van der Waals surface area contributed by atoms with Crippen LogP contribution in [0.1, 0.15) is 21.5 Å². The molecule has 0 N–H and O–H groups in total. The Hall–Kier alpha value is -2.65. The van der Waals surface area contributed by atoms with Gasteiger partial charge in [-0.2, -0.15) is 0 Å². The molecule has 1 heterocycles. The van der Waals surface area contributed by atoms with E-state index in [9.17, 15) is 18.0 Å². The van der Waals surface area contributed by atoms with E-state index in [1.165, 1.54) is 18.2 Å². The second-order valence-corrected chi connectivity index (χ2v) is 8.26. The molecule has 0 aliphatic rings. The van der Waals surface area contributed by atoms with Crippen molar-refractivity contribution < 1.29 is 22.7 Å². The standard InChI is InChI=1S/C21H22F3N3O2S/c1-13-5-7-16(14(2)11-13)19(28)27(10-9-26(3)4)20-25-17-8-6-15(12-18(17)30-20)29-21(22,23)24/h5-8,11-12H,9-10H2,1-4H3. The number of benzene rings is 2. The molecule has 9 heteroatoms. The predicted octanol–water partition coefficient (Wildman–Crippen LogP) is 5.02. The third kappa shape index (κ3) is 5.28. The van der Waals surface area contributed by atoms with E-state index in [-0.39, 0.29) is 11.7 Å². The number of ether oxygens (including phenoxy) is 1. The average Bonchev–Trinajstić information content (AvgIpc) is 3.02. The highest BCUT2D eigenvalue weighted by Gasteiger charge is 2.31. The first-order valence-electron chi connectivity index (χ1n) is 9.23. The molecule has 0 aliphatic heterocycles. The summed E-state index contributed by atoms with van der Waals surface area (Å²) >= 11 is 1.16. The normalized spacial score (nSPS) is 11.9. The number of likely N-dealkylation sites (N-methyl/N-ethyl adjacent to an activating group) is 1. The number of carbonyl (C=O) groups is 1. The quantitative estimate of drug-likeness (QED) is 0.543. The van der Waals surface area contributed by atoms with E-state index in [1.54, 1.807) is 11.0 Å². The maximum Gasteiger partial charge on any atom is 0.573 e. The van der Waals surface area contributed by atoms with Crippen molar-refractivity contribution in [1.82, 2.24) is 9.88 Å². The van der Waals surface area contributed by atoms with Gasteiger partial charge in [-0.05, 0) is 51.7 Å². The number of anilines is 1. The van der Waals surface area contributed by atoms with Gasteiger partial charge in [0.1, 0.15) is 5.75 Å². The summed E-state index contributed by atoms with van der Waals surface area (Å²) < 4.78 is 42.1. The lowest BCUT2D eigenvalue weighted by Gasteiger charge is -2.22. The zero-order chi connectivity index (χ0) is 22.1. The summed E-state index contributed by atoms with van der Waals surface area (Å²) in [4.78, 5) is 21.3. The van der Waals surface area contributed by atoms with E-state index < -0.39 is 6.36 Å². The Balaban J connectivity index is 1.98. The van der Waals surface area contributed by atoms with E-state index >= 15 is 0 Å². The molecule has 1 aromatic heterocycles. The third-order valence-corrected chi connectivity index (χ3v) is 5.48. The van der Waals surface area contributed by atoms with Gasteiger partial charge in [-0.3, -0.25) is 9.69 Å². The summed E-state index contributed by atoms with van der Waals surface area (Å²) in [6.07, 6.45) is -4.77. The molecule has 0 spiro atoms. The highest BCUT2D eigenvalue weighted by molar-refractivity contribution is 7.22. The van der Waals surface area contributed by atoms with Crippen molar-refractivity contribution in [3.63, 3.8) is 0 Å². The third-order valence-electron chi connectivity index (χ3n) is 4.44. The molecule has 0 unspecified atom stereocenters. The Bertz CT molecular complexity index is 1060. The minimum atomic E-state index is -4.77. The van der Waals surface area contributed by atoms with Gasteiger partial charge in [0.05, 0.1) is 10.2 Å². The zero-order valence-corrected chi connectivity index (χ0v) is 17.9. The van der Waals surface area contributed by atoms with Crippen LogP contribution in [0.3, 0.4) is 0 Å². The maximum absolute atomic E-state index is 13.3. The van der Waals surface area contributed by atoms with Crippen molar-refractivity contribution in [2.45, 2.75) is 20.2 Å². The summed E-state index contributed by atoms with van der Waals surface area (Å²) in [5.74, 6) is -0.508. The van der Waals surface area contributed by atoms with Gasteiger partial charge in [0.15, 0.2) is 5.13 Å². The van der Waals surface area contributed by atoms with E-state index in [1.807, 2.05) is 45.0 Å². The summed E-state index contributed by atoms with van der Waals surface area (Å²) in [5.41, 5.74) is 2.99. The highest BCUT2D eigenvalue weighted by Crippen LogP contribution is 2.34. The first-order chi connectivity index (χ1) is 14.0. The fourth-order valence-corrected chi connectivity index (χ4v) is 4.01. The first kappa shape index (κ1) is 22.0. The van der Waals surface area contributed by atoms with Crippen LogP contribution in [0, 0.1) is 13.8 Å². The Kier molecular flexibility index (Phi) is 6.33. The maximum atomic E-state index is 13.3. The number of alkyl halides is 3. The fraction of sp³-hybridized carbons (Fsp3) is 0.333. The van der Waals surface area contributed by atoms with Gasteiger partial charge >= 0.3 is 6.36 Å². The lowest BCUT2D eigenvalue weighted by atomic mass is 10.0. The molecule has 0 bridgehead atoms. The molecule has 1 amide bonds. The van der Waals surface area contributed by atoms with Gasteiger partial charge in [-0.1, -0.05) is 29.0 Å². The van der Waals surface area contributed by atoms with Crippen molar-refractivity contribution in [2.24, 2.45) is 0 Å². The van der Waals surface area contributed by atoms with Crippen LogP contribution in [0.25, 0.3) is 10.2 Å². The average molecular weight is 437 g/mol. The molecule has 0 saturated heterocycles. The largest absolute Gasteiger partial charge is 0.573 e. The topological polar surface area (TPSA) is 45.7 Å². The SMILES string of the molecule is Cc1ccc(C(=O)N(CCN(C)C)c2nc3ccc(OC(F)(F)F)cc3s2)c(C)c1. The summed E-state index contributed by atoms with van der Waals surface area (Å²) in [6, 6.07) is 9.57. The van der Waals surface area contributed by atoms with Gasteiger partial charge in [-0.25, -0.2) is 4.98 Å². The lowest BCUT2D eigenvalue weighted by Crippen LogP contribution is -2.37. The Morgan fingerprint density at radius 3 is 2.47 bits per heavy atom. The molecule has 0 atom stereocenters. The van der Waals surface area contributed by atoms with Crippen molar-refractivity contribution >= 4 is 32.6 Å². The summed E-state index contributed by atoms with van der Waals surface area (Å²) in [5, 5.41) is 0.431. The second-order valence-electron chi connectivity index (χ2n) is 7.25. The number of halogens is 3. The van der Waals surface area contributed by atoms with Gasteiger partial charge in [0.25, 0.3) is 5.91 Å². The molecule has 0 fully saturated rings. The molecule has 2 aromatic carbocycles. The van der Waals surface area contributed by atoms with E-state index in [4.69, 9.17) is 0 Å². The fourth-order valence-electron chi connectivity index (χ4n) is 2.99. The summed E-state index contributed by atoms with van der Waals surface area (Å²) in [7, 11) is 3.80. The minimum Gasteiger partial charge on any atom is -0.406 e. The Morgan fingerprint density at radius 2 is 1.83 bits per heavy atom. The van der Waals surface area contributed by atoms with Crippen LogP contribution >= 0.6 is 11.3 Å². The lowest BCUT2D eigenvalue weighted by molar-refractivity contribution is -0.274. The number of amides is 1. The summed E-state index contributed by atoms with van der Waals surface area (Å²) in [6.45, 7) is 4.84. The van der Waals surface area contributed by atoms with Crippen LogP contribution in [0.2, 0.25) is 0 Å². The van der Waals surface area contributed by atoms with Gasteiger partial charge in [-0.15, -0.1) is 13.2 Å². The minimum absolute atomic E-state index is 0.194. The van der Waals surface area contributed by atoms with Crippen LogP contribution in [0.4, 0.5) is 18.3 Å². The number of rotatable bonds is 6. The van der Waals surface area contributed by atoms with Crippen LogP contribution in [0.5, 0.6) is 5.75 Å². The van der Waals surface area contributed by atoms with Crippen LogP contribution < -0.4 is 9.64 Å². The second kappa shape index (κ2) is 8.61. The van der Waals surface area contributed by atoms with Crippen LogP contribution in [-0.2, 0) is 0 Å². The molecule has 0 radical (unpaired) electrons. The van der Waals surface area contributed by atoms with Gasteiger partial charge in [0.2, 0.25) is 0 Å². The van der Waals surface area contributed by atoms with Crippen LogP contribution in [-0.4, -0.2) is 49.3 Å². The molecule has 160 valence electrons. The highest BCUT2D eigenvalue weighted by atomic mass is 32.1. The Morgan fingerprint density at radius 1 is 1.10 bits per heavy atom. The van der Waals surface area contributed by atoms with E-state index in [2.05, 4.69) is 9.72 Å². The number of hydrogen-bond acceptors (Lipinski definition) is 5. The zero-order valence-electron chi connectivity index (χ0n) is 17.1. The van der Waals surface area contributed by atoms with Crippen molar-refractivity contribution in [3.8, 4) is 5.75 Å². The van der Waals surface area contributed by atoms with Crippen LogP contribution in [0.15, 0.2) is 36.4 Å². The molecular weight excluding hydrogens is 415 g/mol. The van der Waals surface area contributed by atoms with E-state index in [0.29, 0.717) is 34.0 Å².